The fourth-order valence-corrected chi connectivity index (χ4v) is 7.58. The number of carbonyl (C=O) groups is 4. The summed E-state index contributed by atoms with van der Waals surface area (Å²) in [5, 5.41) is 3.14. The van der Waals surface area contributed by atoms with E-state index in [2.05, 4.69) is 21.2 Å². The number of carbonyl (C=O) groups excluding carboxylic acids is 4. The van der Waals surface area contributed by atoms with Crippen molar-refractivity contribution in [2.45, 2.75) is 45.1 Å². The number of anilines is 1. The molecule has 2 bridgehead atoms. The molecule has 42 heavy (non-hydrogen) atoms. The lowest BCUT2D eigenvalue weighted by Crippen LogP contribution is -2.47. The normalized spacial score (nSPS) is 22.5. The number of nitrogens with zero attached hydrogens (tertiary/aromatic N) is 1. The van der Waals surface area contributed by atoms with Crippen LogP contribution >= 0.6 is 27.5 Å². The van der Waals surface area contributed by atoms with Crippen molar-refractivity contribution in [3.05, 3.63) is 98.0 Å². The predicted molar refractivity (Wildman–Crippen MR) is 162 cm³/mol. The second kappa shape index (κ2) is 11.0. The smallest absolute Gasteiger partial charge is 0.329 e. The number of hydrogen-bond acceptors (Lipinski definition) is 5. The second-order valence-electron chi connectivity index (χ2n) is 11.7. The quantitative estimate of drug-likeness (QED) is 0.243. The molecule has 1 heterocycles. The zero-order valence-electron chi connectivity index (χ0n) is 23.4. The summed E-state index contributed by atoms with van der Waals surface area (Å²) in [7, 11) is 0. The molecule has 0 unspecified atom stereocenters. The first kappa shape index (κ1) is 28.6. The molecule has 3 atom stereocenters. The number of imide groups is 1. The fourth-order valence-electron chi connectivity index (χ4n) is 6.96. The third-order valence-corrected chi connectivity index (χ3v) is 9.84. The number of hydrogen-bond donors (Lipinski definition) is 1. The minimum Gasteiger partial charge on any atom is -0.454 e. The van der Waals surface area contributed by atoms with Crippen LogP contribution in [-0.4, -0.2) is 41.2 Å². The molecule has 0 spiro atoms. The summed E-state index contributed by atoms with van der Waals surface area (Å²) in [4.78, 5) is 55.7. The minimum atomic E-state index is -1.13. The molecule has 4 aliphatic rings. The van der Waals surface area contributed by atoms with Crippen molar-refractivity contribution in [3.8, 4) is 0 Å². The highest BCUT2D eigenvalue weighted by atomic mass is 79.9. The van der Waals surface area contributed by atoms with Crippen molar-refractivity contribution < 1.29 is 23.9 Å². The molecule has 216 valence electrons. The Morgan fingerprint density at radius 3 is 1.90 bits per heavy atom. The van der Waals surface area contributed by atoms with Crippen LogP contribution in [0.3, 0.4) is 0 Å². The first-order valence-electron chi connectivity index (χ1n) is 14.0. The number of nitrogens with one attached hydrogen (secondary N) is 1. The summed E-state index contributed by atoms with van der Waals surface area (Å²) in [6.07, 6.45) is 0.230. The Bertz CT molecular complexity index is 1520. The molecule has 1 N–H and O–H groups in total. The van der Waals surface area contributed by atoms with Gasteiger partial charge in [0.2, 0.25) is 11.8 Å². The van der Waals surface area contributed by atoms with E-state index >= 15 is 0 Å². The van der Waals surface area contributed by atoms with Gasteiger partial charge in [0.05, 0.1) is 16.9 Å². The third kappa shape index (κ3) is 4.65. The number of likely N-dealkylation sites (tertiary alicyclic amines) is 1. The van der Waals surface area contributed by atoms with E-state index in [0.717, 1.165) is 32.7 Å². The van der Waals surface area contributed by atoms with E-state index in [1.807, 2.05) is 69.3 Å². The van der Waals surface area contributed by atoms with Crippen molar-refractivity contribution in [1.82, 2.24) is 4.90 Å². The number of ether oxygens (including phenoxy) is 1. The molecule has 1 saturated heterocycles. The van der Waals surface area contributed by atoms with Gasteiger partial charge in [-0.25, -0.2) is 4.79 Å². The highest BCUT2D eigenvalue weighted by Crippen LogP contribution is 2.61. The van der Waals surface area contributed by atoms with Crippen LogP contribution in [0.4, 0.5) is 5.69 Å². The zero-order valence-corrected chi connectivity index (χ0v) is 25.7. The molecule has 9 heteroatoms. The number of rotatable bonds is 7. The molecule has 7 nitrogen and oxygen atoms in total. The van der Waals surface area contributed by atoms with Crippen molar-refractivity contribution in [1.29, 1.82) is 0 Å². The van der Waals surface area contributed by atoms with Crippen LogP contribution in [0.1, 0.15) is 59.9 Å². The Hall–Kier alpha value is -3.49. The maximum absolute atomic E-state index is 14.2. The van der Waals surface area contributed by atoms with Gasteiger partial charge in [0.1, 0.15) is 6.04 Å². The largest absolute Gasteiger partial charge is 0.454 e. The number of amides is 3. The number of halogens is 2. The first-order valence-corrected chi connectivity index (χ1v) is 15.2. The molecule has 0 aromatic heterocycles. The fraction of sp³-hybridized carbons (Fsp3) is 0.333. The van der Waals surface area contributed by atoms with Crippen molar-refractivity contribution >= 4 is 56.9 Å². The second-order valence-corrected chi connectivity index (χ2v) is 13.0. The lowest BCUT2D eigenvalue weighted by atomic mass is 9.55. The molecule has 3 aromatic carbocycles. The van der Waals surface area contributed by atoms with Gasteiger partial charge in [0.15, 0.2) is 6.61 Å². The van der Waals surface area contributed by atoms with Crippen LogP contribution in [-0.2, 0) is 23.9 Å². The van der Waals surface area contributed by atoms with Gasteiger partial charge in [0.25, 0.3) is 5.91 Å². The van der Waals surface area contributed by atoms with E-state index < -0.39 is 36.4 Å². The average Bonchev–Trinajstić information content (AvgIpc) is 3.23. The molecule has 0 radical (unpaired) electrons. The number of aryl methyl sites for hydroxylation is 1. The highest BCUT2D eigenvalue weighted by Gasteiger charge is 2.63. The molecule has 3 aliphatic carbocycles. The van der Waals surface area contributed by atoms with Crippen molar-refractivity contribution in [2.75, 3.05) is 11.9 Å². The third-order valence-electron chi connectivity index (χ3n) is 8.65. The van der Waals surface area contributed by atoms with Gasteiger partial charge in [-0.3, -0.25) is 19.3 Å². The highest BCUT2D eigenvalue weighted by molar-refractivity contribution is 9.10. The lowest BCUT2D eigenvalue weighted by molar-refractivity contribution is -0.160. The molecular formula is C33H30BrClN2O5. The van der Waals surface area contributed by atoms with E-state index in [4.69, 9.17) is 16.3 Å². The SMILES string of the molecule is Cc1cc(Br)c(Cl)cc1NC(=O)COC(=O)[C@H](CC(C)C)N1C(=O)[C@@H]2C3c4ccccc4C(c4ccccc43)[C@H]2C1=O. The molecule has 0 saturated carbocycles. The molecule has 3 amide bonds. The maximum Gasteiger partial charge on any atom is 0.329 e. The van der Waals surface area contributed by atoms with Gasteiger partial charge in [0, 0.05) is 22.0 Å². The summed E-state index contributed by atoms with van der Waals surface area (Å²) in [5.41, 5.74) is 5.52. The summed E-state index contributed by atoms with van der Waals surface area (Å²) in [5.74, 6) is -3.76. The topological polar surface area (TPSA) is 92.8 Å². The van der Waals surface area contributed by atoms with Gasteiger partial charge in [-0.2, -0.15) is 0 Å². The Labute approximate surface area is 257 Å². The minimum absolute atomic E-state index is 0.0155. The van der Waals surface area contributed by atoms with E-state index in [-0.39, 0.29) is 36.0 Å². The van der Waals surface area contributed by atoms with Gasteiger partial charge in [-0.15, -0.1) is 0 Å². The van der Waals surface area contributed by atoms with Crippen LogP contribution < -0.4 is 5.32 Å². The summed E-state index contributed by atoms with van der Waals surface area (Å²) < 4.78 is 6.15. The standard InChI is InChI=1S/C33H30BrClN2O5/c1-16(2)12-25(33(41)42-15-26(38)36-24-14-23(35)22(34)13-17(24)3)37-31(39)29-27-18-8-4-5-9-19(18)28(30(29)32(37)40)21-11-7-6-10-20(21)27/h4-11,13-14,16,25,27-30H,12,15H2,1-3H3,(H,36,38)/t25-,27?,28?,29+,30+/m0/s1. The molecule has 1 aliphatic heterocycles. The van der Waals surface area contributed by atoms with Crippen molar-refractivity contribution in [2.24, 2.45) is 17.8 Å². The number of esters is 1. The van der Waals surface area contributed by atoms with Crippen LogP contribution in [0.2, 0.25) is 5.02 Å². The van der Waals surface area contributed by atoms with E-state index in [1.165, 1.54) is 0 Å². The van der Waals surface area contributed by atoms with E-state index in [0.29, 0.717) is 15.2 Å². The maximum atomic E-state index is 14.2. The Morgan fingerprint density at radius 1 is 0.929 bits per heavy atom. The van der Waals surface area contributed by atoms with E-state index in [9.17, 15) is 19.2 Å². The Morgan fingerprint density at radius 2 is 1.43 bits per heavy atom. The van der Waals surface area contributed by atoms with Crippen LogP contribution in [0.25, 0.3) is 0 Å². The lowest BCUT2D eigenvalue weighted by Gasteiger charge is -2.45. The number of benzene rings is 3. The summed E-state index contributed by atoms with van der Waals surface area (Å²) >= 11 is 9.52. The molecular weight excluding hydrogens is 620 g/mol. The molecule has 3 aromatic rings. The van der Waals surface area contributed by atoms with Crippen molar-refractivity contribution in [3.63, 3.8) is 0 Å². The average molecular weight is 650 g/mol. The predicted octanol–water partition coefficient (Wildman–Crippen LogP) is 6.20. The Kier molecular flexibility index (Phi) is 7.48. The summed E-state index contributed by atoms with van der Waals surface area (Å²) in [6.45, 7) is 5.09. The summed E-state index contributed by atoms with van der Waals surface area (Å²) in [6, 6.07) is 18.3. The van der Waals surface area contributed by atoms with Gasteiger partial charge < -0.3 is 10.1 Å². The first-order chi connectivity index (χ1) is 20.1. The monoisotopic (exact) mass is 648 g/mol. The van der Waals surface area contributed by atoms with E-state index in [1.54, 1.807) is 12.1 Å². The molecule has 7 rings (SSSR count). The van der Waals surface area contributed by atoms with Crippen LogP contribution in [0.15, 0.2) is 65.1 Å². The van der Waals surface area contributed by atoms with Crippen LogP contribution in [0, 0.1) is 24.7 Å². The van der Waals surface area contributed by atoms with Gasteiger partial charge in [-0.05, 0) is 75.1 Å². The van der Waals surface area contributed by atoms with Gasteiger partial charge >= 0.3 is 5.97 Å². The van der Waals surface area contributed by atoms with Gasteiger partial charge in [-0.1, -0.05) is 74.0 Å². The molecule has 1 fully saturated rings. The Balaban J connectivity index is 1.26. The van der Waals surface area contributed by atoms with Crippen LogP contribution in [0.5, 0.6) is 0 Å². The zero-order chi connectivity index (χ0) is 29.9.